The quantitative estimate of drug-likeness (QED) is 0.325. The summed E-state index contributed by atoms with van der Waals surface area (Å²) >= 11 is 0. The highest BCUT2D eigenvalue weighted by Gasteiger charge is 2.37. The number of ketones is 1. The minimum atomic E-state index is -1.88. The molecule has 1 aromatic rings. The molecule has 0 N–H and O–H groups in total. The lowest BCUT2D eigenvalue weighted by molar-refractivity contribution is -0.115. The van der Waals surface area contributed by atoms with Gasteiger partial charge in [0.15, 0.2) is 17.4 Å². The number of allylic oxidation sites excluding steroid dienone is 2. The van der Waals surface area contributed by atoms with Gasteiger partial charge in [-0.15, -0.1) is 0 Å². The molecule has 0 aromatic heterocycles. The summed E-state index contributed by atoms with van der Waals surface area (Å²) in [6.07, 6.45) is 3.49. The fourth-order valence-electron chi connectivity index (χ4n) is 4.30. The van der Waals surface area contributed by atoms with Crippen LogP contribution in [0.25, 0.3) is 0 Å². The van der Waals surface area contributed by atoms with E-state index in [1.807, 2.05) is 20.8 Å². The van der Waals surface area contributed by atoms with E-state index in [0.717, 1.165) is 18.9 Å². The Kier molecular flexibility index (Phi) is 7.06. The van der Waals surface area contributed by atoms with E-state index in [1.165, 1.54) is 0 Å². The number of hydrogen-bond donors (Lipinski definition) is 0. The lowest BCUT2D eigenvalue weighted by Gasteiger charge is -2.36. The van der Waals surface area contributed by atoms with Crippen LogP contribution in [0, 0.1) is 41.0 Å². The van der Waals surface area contributed by atoms with E-state index in [0.29, 0.717) is 12.8 Å². The van der Waals surface area contributed by atoms with E-state index in [-0.39, 0.29) is 42.1 Å². The summed E-state index contributed by atoms with van der Waals surface area (Å²) in [7, 11) is 0. The average Bonchev–Trinajstić information content (AvgIpc) is 2.70. The Labute approximate surface area is 178 Å². The molecule has 0 aliphatic heterocycles. The van der Waals surface area contributed by atoms with Crippen LogP contribution in [0.2, 0.25) is 0 Å². The lowest BCUT2D eigenvalue weighted by Crippen LogP contribution is -2.36. The van der Waals surface area contributed by atoms with Gasteiger partial charge in [0.25, 0.3) is 0 Å². The van der Waals surface area contributed by atoms with E-state index in [2.05, 4.69) is 0 Å². The van der Waals surface area contributed by atoms with Crippen molar-refractivity contribution in [2.45, 2.75) is 65.4 Å². The van der Waals surface area contributed by atoms with E-state index in [9.17, 15) is 27.2 Å². The number of ether oxygens (including phenoxy) is 2. The Balaban J connectivity index is 1.89. The number of benzene rings is 1. The van der Waals surface area contributed by atoms with Crippen molar-refractivity contribution in [1.29, 1.82) is 0 Å². The van der Waals surface area contributed by atoms with Crippen molar-refractivity contribution in [1.82, 2.24) is 0 Å². The summed E-state index contributed by atoms with van der Waals surface area (Å²) in [6, 6.07) is 0. The van der Waals surface area contributed by atoms with Crippen molar-refractivity contribution < 1.29 is 36.6 Å². The van der Waals surface area contributed by atoms with Gasteiger partial charge in [0.1, 0.15) is 17.4 Å². The van der Waals surface area contributed by atoms with E-state index in [4.69, 9.17) is 9.47 Å². The molecule has 0 amide bonds. The Morgan fingerprint density at radius 1 is 1.03 bits per heavy atom. The highest BCUT2D eigenvalue weighted by Crippen LogP contribution is 2.37. The highest BCUT2D eigenvalue weighted by molar-refractivity contribution is 5.91. The van der Waals surface area contributed by atoms with Crippen LogP contribution in [0.3, 0.4) is 0 Å². The molecular formula is C23H26F4O4. The molecular weight excluding hydrogens is 416 g/mol. The molecule has 0 heterocycles. The molecule has 0 spiro atoms. The van der Waals surface area contributed by atoms with Gasteiger partial charge < -0.3 is 9.47 Å². The molecule has 2 aliphatic rings. The smallest absolute Gasteiger partial charge is 0.344 e. The number of esters is 1. The van der Waals surface area contributed by atoms with Gasteiger partial charge in [0.2, 0.25) is 17.4 Å². The maximum absolute atomic E-state index is 14.6. The van der Waals surface area contributed by atoms with Crippen LogP contribution in [0.15, 0.2) is 11.8 Å². The Hall–Kier alpha value is -2.38. The Bertz CT molecular complexity index is 880. The van der Waals surface area contributed by atoms with E-state index in [1.54, 1.807) is 0 Å². The molecule has 3 atom stereocenters. The van der Waals surface area contributed by atoms with E-state index < -0.39 is 46.7 Å². The van der Waals surface area contributed by atoms with Gasteiger partial charge in [0, 0.05) is 18.9 Å². The fraction of sp³-hybridized carbons (Fsp3) is 0.565. The molecule has 0 radical (unpaired) electrons. The first kappa shape index (κ1) is 23.3. The first-order valence-electron chi connectivity index (χ1n) is 10.6. The van der Waals surface area contributed by atoms with Crippen LogP contribution in [-0.4, -0.2) is 17.9 Å². The first-order chi connectivity index (χ1) is 14.6. The standard InChI is InChI=1S/C23H26F4O4/c1-11(2)15-8-7-12(3)9-16(15)31-23(29)17-18(24)20(26)22(21(27)19(17)25)30-14-6-4-5-13(28)10-14/h10-12,15-16H,4-9H2,1-3H3/t12-,15+,16-/m1/s1. The van der Waals surface area contributed by atoms with Crippen molar-refractivity contribution in [3.8, 4) is 5.75 Å². The topological polar surface area (TPSA) is 52.6 Å². The summed E-state index contributed by atoms with van der Waals surface area (Å²) in [5, 5.41) is 0. The zero-order valence-corrected chi connectivity index (χ0v) is 17.8. The average molecular weight is 442 g/mol. The second kappa shape index (κ2) is 9.40. The third-order valence-corrected chi connectivity index (χ3v) is 6.05. The third-order valence-electron chi connectivity index (χ3n) is 6.05. The fourth-order valence-corrected chi connectivity index (χ4v) is 4.30. The van der Waals surface area contributed by atoms with Gasteiger partial charge >= 0.3 is 5.97 Å². The van der Waals surface area contributed by atoms with Gasteiger partial charge in [0.05, 0.1) is 0 Å². The SMILES string of the molecule is CC(C)[C@@H]1CC[C@@H](C)C[C@H]1OC(=O)c1c(F)c(F)c(OC2=CC(=O)CCC2)c(F)c1F. The van der Waals surface area contributed by atoms with Crippen molar-refractivity contribution in [2.24, 2.45) is 17.8 Å². The lowest BCUT2D eigenvalue weighted by atomic mass is 9.75. The van der Waals surface area contributed by atoms with Crippen LogP contribution in [0.4, 0.5) is 17.6 Å². The number of carbonyl (C=O) groups is 2. The number of halogens is 4. The highest BCUT2D eigenvalue weighted by atomic mass is 19.2. The van der Waals surface area contributed by atoms with Crippen LogP contribution < -0.4 is 4.74 Å². The molecule has 1 aromatic carbocycles. The molecule has 1 fully saturated rings. The summed E-state index contributed by atoms with van der Waals surface area (Å²) in [4.78, 5) is 24.0. The minimum Gasteiger partial charge on any atom is -0.458 e. The largest absolute Gasteiger partial charge is 0.458 e. The second-order valence-corrected chi connectivity index (χ2v) is 8.76. The second-order valence-electron chi connectivity index (χ2n) is 8.76. The van der Waals surface area contributed by atoms with Gasteiger partial charge in [-0.05, 0) is 37.0 Å². The summed E-state index contributed by atoms with van der Waals surface area (Å²) in [5.41, 5.74) is -1.42. The predicted octanol–water partition coefficient (Wildman–Crippen LogP) is 5.88. The van der Waals surface area contributed by atoms with Gasteiger partial charge in [-0.25, -0.2) is 13.6 Å². The van der Waals surface area contributed by atoms with Gasteiger partial charge in [-0.3, -0.25) is 4.79 Å². The number of hydrogen-bond acceptors (Lipinski definition) is 4. The molecule has 170 valence electrons. The molecule has 0 bridgehead atoms. The van der Waals surface area contributed by atoms with Crippen LogP contribution >= 0.6 is 0 Å². The third kappa shape index (κ3) is 4.93. The molecule has 8 heteroatoms. The minimum absolute atomic E-state index is 0.0145. The van der Waals surface area contributed by atoms with Crippen LogP contribution in [-0.2, 0) is 9.53 Å². The Morgan fingerprint density at radius 2 is 1.68 bits per heavy atom. The molecule has 0 unspecified atom stereocenters. The molecule has 2 aliphatic carbocycles. The van der Waals surface area contributed by atoms with Crippen molar-refractivity contribution >= 4 is 11.8 Å². The van der Waals surface area contributed by atoms with Gasteiger partial charge in [-0.1, -0.05) is 27.2 Å². The Morgan fingerprint density at radius 3 is 2.26 bits per heavy atom. The molecule has 3 rings (SSSR count). The molecule has 4 nitrogen and oxygen atoms in total. The normalized spacial score (nSPS) is 24.2. The number of carbonyl (C=O) groups excluding carboxylic acids is 2. The van der Waals surface area contributed by atoms with Crippen LogP contribution in [0.1, 0.15) is 69.7 Å². The summed E-state index contributed by atoms with van der Waals surface area (Å²) in [5.74, 6) is -10.2. The van der Waals surface area contributed by atoms with Crippen LogP contribution in [0.5, 0.6) is 5.75 Å². The number of rotatable bonds is 5. The maximum atomic E-state index is 14.6. The summed E-state index contributed by atoms with van der Waals surface area (Å²) in [6.45, 7) is 5.90. The first-order valence-corrected chi connectivity index (χ1v) is 10.6. The zero-order valence-electron chi connectivity index (χ0n) is 17.8. The van der Waals surface area contributed by atoms with Crippen molar-refractivity contribution in [3.63, 3.8) is 0 Å². The summed E-state index contributed by atoms with van der Waals surface area (Å²) < 4.78 is 68.6. The maximum Gasteiger partial charge on any atom is 0.344 e. The molecule has 0 saturated heterocycles. The van der Waals surface area contributed by atoms with Crippen molar-refractivity contribution in [2.75, 3.05) is 0 Å². The monoisotopic (exact) mass is 442 g/mol. The molecule has 1 saturated carbocycles. The van der Waals surface area contributed by atoms with E-state index >= 15 is 0 Å². The van der Waals surface area contributed by atoms with Gasteiger partial charge in [-0.2, -0.15) is 8.78 Å². The van der Waals surface area contributed by atoms with Crippen molar-refractivity contribution in [3.05, 3.63) is 40.7 Å². The zero-order chi connectivity index (χ0) is 22.9. The molecule has 31 heavy (non-hydrogen) atoms. The predicted molar refractivity (Wildman–Crippen MR) is 104 cm³/mol.